The number of nitrogens with zero attached hydrogens (tertiary/aromatic N) is 3. The van der Waals surface area contributed by atoms with Crippen molar-refractivity contribution in [2.45, 2.75) is 13.0 Å². The average Bonchev–Trinajstić information content (AvgIpc) is 3.39. The molecule has 0 bridgehead atoms. The van der Waals surface area contributed by atoms with E-state index in [0.717, 1.165) is 62.2 Å². The van der Waals surface area contributed by atoms with Crippen LogP contribution in [0.4, 0.5) is 10.8 Å². The number of hydrogen-bond acceptors (Lipinski definition) is 6. The van der Waals surface area contributed by atoms with Crippen molar-refractivity contribution < 1.29 is 9.47 Å². The van der Waals surface area contributed by atoms with Gasteiger partial charge in [0.25, 0.3) is 0 Å². The highest BCUT2D eigenvalue weighted by molar-refractivity contribution is 7.22. The smallest absolute Gasteiger partial charge is 0.186 e. The second-order valence-electron chi connectivity index (χ2n) is 7.91. The van der Waals surface area contributed by atoms with Crippen molar-refractivity contribution in [1.29, 1.82) is 0 Å². The summed E-state index contributed by atoms with van der Waals surface area (Å²) in [4.78, 5) is 13.3. The molecule has 30 heavy (non-hydrogen) atoms. The first-order valence-corrected chi connectivity index (χ1v) is 11.3. The van der Waals surface area contributed by atoms with Crippen molar-refractivity contribution in [2.75, 3.05) is 49.8 Å². The van der Waals surface area contributed by atoms with Crippen LogP contribution in [0.25, 0.3) is 21.1 Å². The van der Waals surface area contributed by atoms with E-state index < -0.39 is 0 Å². The summed E-state index contributed by atoms with van der Waals surface area (Å²) in [7, 11) is 1.72. The predicted octanol–water partition coefficient (Wildman–Crippen LogP) is 4.19. The maximum absolute atomic E-state index is 5.48. The molecule has 1 fully saturated rings. The van der Waals surface area contributed by atoms with Gasteiger partial charge in [-0.3, -0.25) is 0 Å². The minimum absolute atomic E-state index is 0.784. The fraction of sp³-hybridized carbons (Fsp3) is 0.348. The molecule has 6 nitrogen and oxygen atoms in total. The van der Waals surface area contributed by atoms with Gasteiger partial charge in [0.2, 0.25) is 0 Å². The highest BCUT2D eigenvalue weighted by Crippen LogP contribution is 2.35. The average molecular weight is 421 g/mol. The molecule has 4 heterocycles. The summed E-state index contributed by atoms with van der Waals surface area (Å²) in [5, 5.41) is 2.37. The predicted molar refractivity (Wildman–Crippen MR) is 122 cm³/mol. The number of thiazole rings is 1. The Kier molecular flexibility index (Phi) is 4.32. The van der Waals surface area contributed by atoms with E-state index in [-0.39, 0.29) is 0 Å². The van der Waals surface area contributed by atoms with Gasteiger partial charge in [-0.15, -0.1) is 0 Å². The third-order valence-electron chi connectivity index (χ3n) is 6.19. The van der Waals surface area contributed by atoms with Crippen LogP contribution in [0.1, 0.15) is 11.3 Å². The van der Waals surface area contributed by atoms with Crippen LogP contribution >= 0.6 is 11.3 Å². The van der Waals surface area contributed by atoms with Gasteiger partial charge in [0, 0.05) is 60.4 Å². The summed E-state index contributed by atoms with van der Waals surface area (Å²) in [6.07, 6.45) is 1.02. The molecule has 2 aromatic carbocycles. The quantitative estimate of drug-likeness (QED) is 0.539. The van der Waals surface area contributed by atoms with Gasteiger partial charge in [0.15, 0.2) is 5.13 Å². The number of ether oxygens (including phenoxy) is 2. The molecule has 1 saturated heterocycles. The second-order valence-corrected chi connectivity index (χ2v) is 8.92. The Morgan fingerprint density at radius 1 is 1.07 bits per heavy atom. The number of aromatic amines is 1. The lowest BCUT2D eigenvalue weighted by molar-refractivity contribution is 0.122. The standard InChI is InChI=1S/C23H24N4O2S/c1-28-16-3-5-19-17(13-16)18-14-27(7-6-20(18)24-19)15-2-4-21-22(12-15)30-23(25-21)26-8-10-29-11-9-26/h2-5,12-13,24H,6-11,14H2,1H3. The van der Waals surface area contributed by atoms with Gasteiger partial charge in [0.05, 0.1) is 30.5 Å². The highest BCUT2D eigenvalue weighted by Gasteiger charge is 2.22. The van der Waals surface area contributed by atoms with Gasteiger partial charge in [-0.25, -0.2) is 4.98 Å². The maximum atomic E-state index is 5.48. The Hall–Kier alpha value is -2.77. The van der Waals surface area contributed by atoms with Crippen LogP contribution in [0.2, 0.25) is 0 Å². The first-order valence-electron chi connectivity index (χ1n) is 10.4. The van der Waals surface area contributed by atoms with Gasteiger partial charge in [-0.05, 0) is 36.4 Å². The van der Waals surface area contributed by atoms with E-state index in [1.165, 1.54) is 32.5 Å². The third kappa shape index (κ3) is 3.00. The summed E-state index contributed by atoms with van der Waals surface area (Å²) in [5.41, 5.74) is 6.27. The molecule has 2 aliphatic heterocycles. The van der Waals surface area contributed by atoms with Crippen LogP contribution in [-0.2, 0) is 17.7 Å². The number of aromatic nitrogens is 2. The number of morpholine rings is 1. The maximum Gasteiger partial charge on any atom is 0.186 e. The number of benzene rings is 2. The van der Waals surface area contributed by atoms with E-state index in [9.17, 15) is 0 Å². The van der Waals surface area contributed by atoms with Crippen LogP contribution < -0.4 is 14.5 Å². The monoisotopic (exact) mass is 420 g/mol. The lowest BCUT2D eigenvalue weighted by atomic mass is 10.0. The summed E-state index contributed by atoms with van der Waals surface area (Å²) >= 11 is 1.79. The largest absolute Gasteiger partial charge is 0.497 e. The molecule has 0 spiro atoms. The van der Waals surface area contributed by atoms with Crippen LogP contribution in [0.3, 0.4) is 0 Å². The van der Waals surface area contributed by atoms with Crippen LogP contribution in [0.15, 0.2) is 36.4 Å². The van der Waals surface area contributed by atoms with Crippen molar-refractivity contribution in [2.24, 2.45) is 0 Å². The van der Waals surface area contributed by atoms with Crippen molar-refractivity contribution in [3.63, 3.8) is 0 Å². The van der Waals surface area contributed by atoms with Crippen LogP contribution in [0, 0.1) is 0 Å². The Morgan fingerprint density at radius 2 is 1.97 bits per heavy atom. The van der Waals surface area contributed by atoms with Crippen molar-refractivity contribution in [3.05, 3.63) is 47.7 Å². The minimum atomic E-state index is 0.784. The normalized spacial score (nSPS) is 17.0. The minimum Gasteiger partial charge on any atom is -0.497 e. The number of rotatable bonds is 3. The molecule has 0 atom stereocenters. The van der Waals surface area contributed by atoms with Crippen LogP contribution in [-0.4, -0.2) is 49.9 Å². The molecule has 1 N–H and O–H groups in total. The number of H-pyrrole nitrogens is 1. The van der Waals surface area contributed by atoms with Crippen molar-refractivity contribution in [3.8, 4) is 5.75 Å². The van der Waals surface area contributed by atoms with E-state index >= 15 is 0 Å². The topological polar surface area (TPSA) is 53.6 Å². The lowest BCUT2D eigenvalue weighted by Crippen LogP contribution is -2.36. The van der Waals surface area contributed by atoms with Gasteiger partial charge in [0.1, 0.15) is 5.75 Å². The van der Waals surface area contributed by atoms with E-state index in [1.807, 2.05) is 6.07 Å². The number of hydrogen-bond donors (Lipinski definition) is 1. The first kappa shape index (κ1) is 18.0. The number of nitrogens with one attached hydrogen (secondary N) is 1. The molecule has 4 aromatic rings. The molecule has 0 unspecified atom stereocenters. The fourth-order valence-electron chi connectivity index (χ4n) is 4.53. The molecule has 0 amide bonds. The van der Waals surface area contributed by atoms with Gasteiger partial charge < -0.3 is 24.3 Å². The Morgan fingerprint density at radius 3 is 2.83 bits per heavy atom. The van der Waals surface area contributed by atoms with Crippen LogP contribution in [0.5, 0.6) is 5.75 Å². The Labute approximate surface area is 179 Å². The Balaban J connectivity index is 1.31. The number of methoxy groups -OCH3 is 1. The summed E-state index contributed by atoms with van der Waals surface area (Å²) in [6.45, 7) is 5.33. The summed E-state index contributed by atoms with van der Waals surface area (Å²) in [5.74, 6) is 0.906. The van der Waals surface area contributed by atoms with Crippen molar-refractivity contribution in [1.82, 2.24) is 9.97 Å². The number of anilines is 2. The fourth-order valence-corrected chi connectivity index (χ4v) is 5.58. The molecule has 2 aliphatic rings. The summed E-state index contributed by atoms with van der Waals surface area (Å²) in [6, 6.07) is 13.0. The Bertz CT molecular complexity index is 1220. The molecule has 7 heteroatoms. The van der Waals surface area contributed by atoms with E-state index in [4.69, 9.17) is 14.5 Å². The van der Waals surface area contributed by atoms with Gasteiger partial charge in [-0.2, -0.15) is 0 Å². The lowest BCUT2D eigenvalue weighted by Gasteiger charge is -2.29. The SMILES string of the molecule is COc1ccc2[nH]c3c(c2c1)CN(c1ccc2nc(N4CCOCC4)sc2c1)CC3. The van der Waals surface area contributed by atoms with Crippen molar-refractivity contribution >= 4 is 43.3 Å². The first-order chi connectivity index (χ1) is 14.8. The number of fused-ring (bicyclic) bond motifs is 4. The highest BCUT2D eigenvalue weighted by atomic mass is 32.1. The summed E-state index contributed by atoms with van der Waals surface area (Å²) < 4.78 is 12.2. The zero-order chi connectivity index (χ0) is 20.1. The molecule has 0 saturated carbocycles. The molecule has 6 rings (SSSR count). The molecule has 0 aliphatic carbocycles. The molecule has 0 radical (unpaired) electrons. The molecular weight excluding hydrogens is 396 g/mol. The molecular formula is C23H24N4O2S. The third-order valence-corrected chi connectivity index (χ3v) is 7.27. The van der Waals surface area contributed by atoms with Gasteiger partial charge in [-0.1, -0.05) is 11.3 Å². The second kappa shape index (κ2) is 7.18. The zero-order valence-corrected chi connectivity index (χ0v) is 17.8. The molecule has 2 aromatic heterocycles. The van der Waals surface area contributed by atoms with E-state index in [1.54, 1.807) is 18.4 Å². The van der Waals surface area contributed by atoms with E-state index in [2.05, 4.69) is 45.1 Å². The van der Waals surface area contributed by atoms with Gasteiger partial charge >= 0.3 is 0 Å². The zero-order valence-electron chi connectivity index (χ0n) is 17.0. The molecule has 154 valence electrons. The van der Waals surface area contributed by atoms with E-state index in [0.29, 0.717) is 0 Å².